The summed E-state index contributed by atoms with van der Waals surface area (Å²) in [7, 11) is 1.90. The molecule has 2 bridgehead atoms. The van der Waals surface area contributed by atoms with Gasteiger partial charge < -0.3 is 15.4 Å². The van der Waals surface area contributed by atoms with Gasteiger partial charge in [0.1, 0.15) is 5.75 Å². The molecule has 4 heteroatoms. The highest BCUT2D eigenvalue weighted by Gasteiger charge is 2.49. The summed E-state index contributed by atoms with van der Waals surface area (Å²) in [6.07, 6.45) is 4.39. The summed E-state index contributed by atoms with van der Waals surface area (Å²) in [5.41, 5.74) is 7.42. The minimum Gasteiger partial charge on any atom is -0.493 e. The zero-order valence-corrected chi connectivity index (χ0v) is 14.2. The van der Waals surface area contributed by atoms with E-state index in [0.717, 1.165) is 30.7 Å². The molecule has 1 amide bonds. The average Bonchev–Trinajstić information content (AvgIpc) is 3.13. The van der Waals surface area contributed by atoms with Crippen LogP contribution in [0.4, 0.5) is 0 Å². The first-order valence-corrected chi connectivity index (χ1v) is 8.77. The number of carbonyl (C=O) groups is 1. The highest BCUT2D eigenvalue weighted by Crippen LogP contribution is 2.48. The van der Waals surface area contributed by atoms with Crippen molar-refractivity contribution >= 4 is 5.91 Å². The van der Waals surface area contributed by atoms with Gasteiger partial charge >= 0.3 is 0 Å². The quantitative estimate of drug-likeness (QED) is 0.821. The summed E-state index contributed by atoms with van der Waals surface area (Å²) >= 11 is 0. The summed E-state index contributed by atoms with van der Waals surface area (Å²) in [5, 5.41) is 0. The predicted molar refractivity (Wildman–Crippen MR) is 91.2 cm³/mol. The lowest BCUT2D eigenvalue weighted by molar-refractivity contribution is -0.136. The van der Waals surface area contributed by atoms with Crippen LogP contribution >= 0.6 is 0 Å². The van der Waals surface area contributed by atoms with Gasteiger partial charge in [-0.2, -0.15) is 0 Å². The maximum Gasteiger partial charge on any atom is 0.227 e. The number of hydrogen-bond donors (Lipinski definition) is 1. The maximum absolute atomic E-state index is 12.7. The Bertz CT molecular complexity index is 558. The lowest BCUT2D eigenvalue weighted by Crippen LogP contribution is -2.46. The van der Waals surface area contributed by atoms with Crippen molar-refractivity contribution < 1.29 is 9.53 Å². The number of rotatable bonds is 6. The summed E-state index contributed by atoms with van der Waals surface area (Å²) < 4.78 is 5.80. The van der Waals surface area contributed by atoms with Crippen molar-refractivity contribution in [3.05, 3.63) is 29.8 Å². The molecule has 2 saturated carbocycles. The standard InChI is InChI=1S/C19H28N2O2/c1-13-6-3-4-7-16(13)23-11-5-10-21(2)19(22)17-14-8-9-15(12-14)18(17)20/h3-4,6-7,14-15,17-18H,5,8-12,20H2,1-2H3. The molecular weight excluding hydrogens is 288 g/mol. The smallest absolute Gasteiger partial charge is 0.227 e. The summed E-state index contributed by atoms with van der Waals surface area (Å²) in [5.74, 6) is 2.31. The molecule has 2 aliphatic carbocycles. The van der Waals surface area contributed by atoms with Gasteiger partial charge in [-0.3, -0.25) is 4.79 Å². The lowest BCUT2D eigenvalue weighted by atomic mass is 9.84. The molecule has 126 valence electrons. The molecule has 0 saturated heterocycles. The molecular formula is C19H28N2O2. The maximum atomic E-state index is 12.7. The number of nitrogens with zero attached hydrogens (tertiary/aromatic N) is 1. The second-order valence-electron chi connectivity index (χ2n) is 7.16. The fourth-order valence-electron chi connectivity index (χ4n) is 4.27. The molecule has 23 heavy (non-hydrogen) atoms. The normalized spacial score (nSPS) is 28.8. The Morgan fingerprint density at radius 2 is 2.04 bits per heavy atom. The minimum absolute atomic E-state index is 0.0519. The first kappa shape index (κ1) is 16.3. The molecule has 0 aliphatic heterocycles. The van der Waals surface area contributed by atoms with Gasteiger partial charge in [-0.25, -0.2) is 0 Å². The van der Waals surface area contributed by atoms with Crippen molar-refractivity contribution in [3.8, 4) is 5.75 Å². The van der Waals surface area contributed by atoms with E-state index in [1.807, 2.05) is 43.1 Å². The Morgan fingerprint density at radius 3 is 2.74 bits per heavy atom. The molecule has 2 fully saturated rings. The third-order valence-electron chi connectivity index (χ3n) is 5.63. The molecule has 4 nitrogen and oxygen atoms in total. The van der Waals surface area contributed by atoms with Crippen molar-refractivity contribution in [1.29, 1.82) is 0 Å². The largest absolute Gasteiger partial charge is 0.493 e. The minimum atomic E-state index is 0.0519. The van der Waals surface area contributed by atoms with Crippen LogP contribution in [-0.2, 0) is 4.79 Å². The van der Waals surface area contributed by atoms with Crippen LogP contribution in [0.25, 0.3) is 0 Å². The number of hydrogen-bond acceptors (Lipinski definition) is 3. The van der Waals surface area contributed by atoms with E-state index >= 15 is 0 Å². The molecule has 0 heterocycles. The zero-order chi connectivity index (χ0) is 16.4. The number of amides is 1. The van der Waals surface area contributed by atoms with Gasteiger partial charge in [0.05, 0.1) is 12.5 Å². The van der Waals surface area contributed by atoms with Crippen LogP contribution in [0.3, 0.4) is 0 Å². The average molecular weight is 316 g/mol. The Kier molecular flexibility index (Phi) is 4.90. The molecule has 2 aliphatic rings. The monoisotopic (exact) mass is 316 g/mol. The first-order chi connectivity index (χ1) is 11.1. The first-order valence-electron chi connectivity index (χ1n) is 8.77. The molecule has 0 spiro atoms. The van der Waals surface area contributed by atoms with Crippen molar-refractivity contribution in [3.63, 3.8) is 0 Å². The van der Waals surface area contributed by atoms with Gasteiger partial charge in [0.2, 0.25) is 5.91 Å². The van der Waals surface area contributed by atoms with Crippen molar-refractivity contribution in [1.82, 2.24) is 4.90 Å². The number of carbonyl (C=O) groups excluding carboxylic acids is 1. The number of aryl methyl sites for hydroxylation is 1. The van der Waals surface area contributed by atoms with Crippen molar-refractivity contribution in [2.24, 2.45) is 23.5 Å². The van der Waals surface area contributed by atoms with E-state index in [1.165, 1.54) is 12.8 Å². The highest BCUT2D eigenvalue weighted by molar-refractivity contribution is 5.80. The van der Waals surface area contributed by atoms with Crippen LogP contribution in [0.1, 0.15) is 31.2 Å². The van der Waals surface area contributed by atoms with E-state index in [4.69, 9.17) is 10.5 Å². The number of nitrogens with two attached hydrogens (primary N) is 1. The number of ether oxygens (including phenoxy) is 1. The van der Waals surface area contributed by atoms with Gasteiger partial charge in [-0.1, -0.05) is 18.2 Å². The summed E-state index contributed by atoms with van der Waals surface area (Å²) in [6.45, 7) is 3.40. The Labute approximate surface area is 139 Å². The van der Waals surface area contributed by atoms with Gasteiger partial charge in [0, 0.05) is 19.6 Å². The van der Waals surface area contributed by atoms with Crippen molar-refractivity contribution in [2.75, 3.05) is 20.2 Å². The number of benzene rings is 1. The van der Waals surface area contributed by atoms with Crippen LogP contribution in [0, 0.1) is 24.7 Å². The number of fused-ring (bicyclic) bond motifs is 2. The Hall–Kier alpha value is -1.55. The van der Waals surface area contributed by atoms with Crippen LogP contribution < -0.4 is 10.5 Å². The predicted octanol–water partition coefficient (Wildman–Crippen LogP) is 2.60. The topological polar surface area (TPSA) is 55.6 Å². The fraction of sp³-hybridized carbons (Fsp3) is 0.632. The molecule has 0 aromatic heterocycles. The molecule has 1 aromatic carbocycles. The van der Waals surface area contributed by atoms with Gasteiger partial charge in [0.25, 0.3) is 0 Å². The van der Waals surface area contributed by atoms with Gasteiger partial charge in [0.15, 0.2) is 0 Å². The third-order valence-corrected chi connectivity index (χ3v) is 5.63. The van der Waals surface area contributed by atoms with E-state index < -0.39 is 0 Å². The Morgan fingerprint density at radius 1 is 1.30 bits per heavy atom. The van der Waals surface area contributed by atoms with E-state index in [1.54, 1.807) is 0 Å². The van der Waals surface area contributed by atoms with E-state index in [9.17, 15) is 4.79 Å². The SMILES string of the molecule is Cc1ccccc1OCCCN(C)C(=O)C1C2CCC(C2)C1N. The van der Waals surface area contributed by atoms with Crippen molar-refractivity contribution in [2.45, 2.75) is 38.6 Å². The summed E-state index contributed by atoms with van der Waals surface area (Å²) in [6, 6.07) is 8.09. The van der Waals surface area contributed by atoms with Crippen LogP contribution in [-0.4, -0.2) is 37.0 Å². The third kappa shape index (κ3) is 3.37. The van der Waals surface area contributed by atoms with E-state index in [2.05, 4.69) is 0 Å². The fourth-order valence-corrected chi connectivity index (χ4v) is 4.27. The second kappa shape index (κ2) is 6.91. The Balaban J connectivity index is 1.43. The van der Waals surface area contributed by atoms with Crippen LogP contribution in [0.15, 0.2) is 24.3 Å². The summed E-state index contributed by atoms with van der Waals surface area (Å²) in [4.78, 5) is 14.5. The molecule has 4 atom stereocenters. The zero-order valence-electron chi connectivity index (χ0n) is 14.2. The van der Waals surface area contributed by atoms with Crippen LogP contribution in [0.5, 0.6) is 5.75 Å². The molecule has 0 radical (unpaired) electrons. The molecule has 2 N–H and O–H groups in total. The second-order valence-corrected chi connectivity index (χ2v) is 7.16. The lowest BCUT2D eigenvalue weighted by Gasteiger charge is -2.30. The van der Waals surface area contributed by atoms with Gasteiger partial charge in [-0.15, -0.1) is 0 Å². The molecule has 3 rings (SSSR count). The number of para-hydroxylation sites is 1. The highest BCUT2D eigenvalue weighted by atomic mass is 16.5. The van der Waals surface area contributed by atoms with Gasteiger partial charge in [-0.05, 0) is 56.1 Å². The molecule has 1 aromatic rings. The van der Waals surface area contributed by atoms with E-state index in [-0.39, 0.29) is 17.9 Å². The van der Waals surface area contributed by atoms with E-state index in [0.29, 0.717) is 18.4 Å². The van der Waals surface area contributed by atoms with Crippen LogP contribution in [0.2, 0.25) is 0 Å². The molecule has 4 unspecified atom stereocenters.